The smallest absolute Gasteiger partial charge is 0.240 e. The van der Waals surface area contributed by atoms with Crippen LogP contribution in [-0.2, 0) is 11.3 Å². The zero-order valence-electron chi connectivity index (χ0n) is 14.6. The van der Waals surface area contributed by atoms with Gasteiger partial charge in [0.2, 0.25) is 11.7 Å². The van der Waals surface area contributed by atoms with Gasteiger partial charge in [0.25, 0.3) is 0 Å². The molecule has 7 heteroatoms. The molecule has 1 unspecified atom stereocenters. The van der Waals surface area contributed by atoms with Crippen molar-refractivity contribution in [2.24, 2.45) is 0 Å². The van der Waals surface area contributed by atoms with Crippen molar-refractivity contribution < 1.29 is 24.1 Å². The fraction of sp³-hybridized carbons (Fsp3) is 0.0952. The van der Waals surface area contributed by atoms with Crippen LogP contribution in [0.25, 0.3) is 0 Å². The normalized spacial score (nSPS) is 16.7. The van der Waals surface area contributed by atoms with Gasteiger partial charge in [-0.05, 0) is 41.0 Å². The summed E-state index contributed by atoms with van der Waals surface area (Å²) in [5.41, 5.74) is 1.19. The highest BCUT2D eigenvalue weighted by atomic mass is 32.1. The zero-order valence-corrected chi connectivity index (χ0v) is 15.4. The van der Waals surface area contributed by atoms with Crippen molar-refractivity contribution in [2.75, 3.05) is 0 Å². The largest absolute Gasteiger partial charge is 0.868 e. The Labute approximate surface area is 164 Å². The highest BCUT2D eigenvalue weighted by molar-refractivity contribution is 7.12. The van der Waals surface area contributed by atoms with Gasteiger partial charge < -0.3 is 10.0 Å². The van der Waals surface area contributed by atoms with Gasteiger partial charge in [-0.15, -0.1) is 11.3 Å². The fourth-order valence-corrected chi connectivity index (χ4v) is 3.97. The summed E-state index contributed by atoms with van der Waals surface area (Å²) in [6, 6.07) is 11.6. The van der Waals surface area contributed by atoms with E-state index in [2.05, 4.69) is 4.98 Å². The molecule has 0 fully saturated rings. The highest BCUT2D eigenvalue weighted by Crippen LogP contribution is 2.39. The molecule has 0 saturated carbocycles. The average Bonchev–Trinajstić information content (AvgIpc) is 3.33. The van der Waals surface area contributed by atoms with Crippen LogP contribution in [0.1, 0.15) is 26.8 Å². The van der Waals surface area contributed by atoms with E-state index in [0.717, 1.165) is 5.56 Å². The summed E-state index contributed by atoms with van der Waals surface area (Å²) in [5, 5.41) is 14.5. The number of hydrogen-bond acceptors (Lipinski definition) is 4. The van der Waals surface area contributed by atoms with Gasteiger partial charge in [0, 0.05) is 17.2 Å². The number of amides is 1. The Bertz CT molecular complexity index is 1050. The van der Waals surface area contributed by atoms with E-state index in [9.17, 15) is 19.1 Å². The summed E-state index contributed by atoms with van der Waals surface area (Å²) >= 11 is 1.21. The van der Waals surface area contributed by atoms with Crippen LogP contribution in [0.4, 0.5) is 4.39 Å². The van der Waals surface area contributed by atoms with Gasteiger partial charge in [0.1, 0.15) is 5.82 Å². The number of benzene rings is 1. The third kappa shape index (κ3) is 3.20. The van der Waals surface area contributed by atoms with Gasteiger partial charge in [-0.2, -0.15) is 0 Å². The van der Waals surface area contributed by atoms with Crippen molar-refractivity contribution in [3.8, 4) is 0 Å². The maximum atomic E-state index is 13.4. The van der Waals surface area contributed by atoms with E-state index < -0.39 is 29.3 Å². The number of aromatic amines is 1. The monoisotopic (exact) mass is 394 g/mol. The third-order valence-electron chi connectivity index (χ3n) is 4.58. The molecule has 4 rings (SSSR count). The molecule has 0 radical (unpaired) electrons. The number of hydrogen-bond donors (Lipinski definition) is 0. The summed E-state index contributed by atoms with van der Waals surface area (Å²) in [7, 11) is 0. The van der Waals surface area contributed by atoms with E-state index in [1.165, 1.54) is 40.5 Å². The topological polar surface area (TPSA) is 74.6 Å². The summed E-state index contributed by atoms with van der Waals surface area (Å²) in [6.07, 6.45) is 3.45. The SMILES string of the molecule is O=C(C1=C([O-])C(=O)N(Cc2ccc[nH+]c2)C1c1ccc(F)cc1)c1cccs1. The zero-order chi connectivity index (χ0) is 19.7. The lowest BCUT2D eigenvalue weighted by molar-refractivity contribution is -0.378. The van der Waals surface area contributed by atoms with Gasteiger partial charge in [-0.3, -0.25) is 9.59 Å². The van der Waals surface area contributed by atoms with Gasteiger partial charge in [-0.1, -0.05) is 18.2 Å². The maximum absolute atomic E-state index is 13.4. The molecule has 1 atom stereocenters. The second-order valence-corrected chi connectivity index (χ2v) is 7.30. The van der Waals surface area contributed by atoms with Crippen LogP contribution in [0.2, 0.25) is 0 Å². The molecule has 1 aliphatic heterocycles. The average molecular weight is 394 g/mol. The Morgan fingerprint density at radius 2 is 1.96 bits per heavy atom. The molecular formula is C21H15FN2O3S. The molecule has 1 aliphatic rings. The molecular weight excluding hydrogens is 379 g/mol. The van der Waals surface area contributed by atoms with E-state index in [0.29, 0.717) is 10.4 Å². The number of ketones is 1. The van der Waals surface area contributed by atoms with Crippen molar-refractivity contribution >= 4 is 23.0 Å². The molecule has 2 aromatic heterocycles. The molecule has 140 valence electrons. The van der Waals surface area contributed by atoms with Gasteiger partial charge >= 0.3 is 0 Å². The van der Waals surface area contributed by atoms with E-state index in [-0.39, 0.29) is 12.1 Å². The number of nitrogens with one attached hydrogen (secondary N) is 1. The van der Waals surface area contributed by atoms with Crippen LogP contribution < -0.4 is 10.1 Å². The number of carbonyl (C=O) groups is 2. The maximum Gasteiger partial charge on any atom is 0.240 e. The van der Waals surface area contributed by atoms with E-state index in [4.69, 9.17) is 0 Å². The number of pyridine rings is 1. The Hall–Kier alpha value is -3.32. The standard InChI is InChI=1S/C21H15FN2O3S/c22-15-7-5-14(6-8-15)18-17(19(25)16-4-2-10-28-16)20(26)21(27)24(18)12-13-3-1-9-23-11-13/h1-11,18,26H,12H2. The Balaban J connectivity index is 1.79. The van der Waals surface area contributed by atoms with Crippen molar-refractivity contribution in [1.82, 2.24) is 4.90 Å². The number of thiophene rings is 1. The van der Waals surface area contributed by atoms with Crippen LogP contribution in [-0.4, -0.2) is 16.6 Å². The molecule has 1 N–H and O–H groups in total. The van der Waals surface area contributed by atoms with Crippen molar-refractivity contribution in [3.05, 3.63) is 99.5 Å². The summed E-state index contributed by atoms with van der Waals surface area (Å²) < 4.78 is 13.4. The molecule has 1 aromatic carbocycles. The predicted molar refractivity (Wildman–Crippen MR) is 98.4 cm³/mol. The molecule has 0 saturated heterocycles. The van der Waals surface area contributed by atoms with E-state index >= 15 is 0 Å². The van der Waals surface area contributed by atoms with Crippen LogP contribution in [0.15, 0.2) is 77.6 Å². The number of aromatic nitrogens is 1. The Morgan fingerprint density at radius 1 is 1.18 bits per heavy atom. The predicted octanol–water partition coefficient (Wildman–Crippen LogP) is 2.28. The first-order valence-electron chi connectivity index (χ1n) is 8.57. The van der Waals surface area contributed by atoms with Crippen molar-refractivity contribution in [1.29, 1.82) is 0 Å². The number of rotatable bonds is 5. The quantitative estimate of drug-likeness (QED) is 0.623. The van der Waals surface area contributed by atoms with Crippen molar-refractivity contribution in [3.63, 3.8) is 0 Å². The second kappa shape index (κ2) is 7.36. The van der Waals surface area contributed by atoms with E-state index in [1.54, 1.807) is 36.0 Å². The Morgan fingerprint density at radius 3 is 2.61 bits per heavy atom. The fourth-order valence-electron chi connectivity index (χ4n) is 3.29. The summed E-state index contributed by atoms with van der Waals surface area (Å²) in [5.74, 6) is -2.45. The van der Waals surface area contributed by atoms with Crippen LogP contribution in [0, 0.1) is 5.82 Å². The van der Waals surface area contributed by atoms with Gasteiger partial charge in [-0.25, -0.2) is 9.37 Å². The molecule has 5 nitrogen and oxygen atoms in total. The summed E-state index contributed by atoms with van der Waals surface area (Å²) in [4.78, 5) is 30.5. The molecule has 0 aliphatic carbocycles. The van der Waals surface area contributed by atoms with Gasteiger partial charge in [0.05, 0.1) is 17.5 Å². The number of halogens is 1. The second-order valence-electron chi connectivity index (χ2n) is 6.35. The minimum absolute atomic E-state index is 0.0982. The molecule has 0 bridgehead atoms. The number of nitrogens with zero attached hydrogens (tertiary/aromatic N) is 1. The van der Waals surface area contributed by atoms with Crippen molar-refractivity contribution in [2.45, 2.75) is 12.6 Å². The highest BCUT2D eigenvalue weighted by Gasteiger charge is 2.39. The number of H-pyrrole nitrogens is 1. The Kier molecular flexibility index (Phi) is 4.75. The lowest BCUT2D eigenvalue weighted by Gasteiger charge is -2.27. The minimum Gasteiger partial charge on any atom is -0.868 e. The summed E-state index contributed by atoms with van der Waals surface area (Å²) in [6.45, 7) is 0.144. The van der Waals surface area contributed by atoms with E-state index in [1.807, 2.05) is 6.07 Å². The number of carbonyl (C=O) groups excluding carboxylic acids is 2. The number of Topliss-reactive ketones (excluding diaryl/α,β-unsaturated/α-hetero) is 1. The van der Waals surface area contributed by atoms with Crippen LogP contribution in [0.5, 0.6) is 0 Å². The third-order valence-corrected chi connectivity index (χ3v) is 5.45. The molecule has 28 heavy (non-hydrogen) atoms. The van der Waals surface area contributed by atoms with Crippen LogP contribution in [0.3, 0.4) is 0 Å². The lowest BCUT2D eigenvalue weighted by atomic mass is 9.95. The minimum atomic E-state index is -0.865. The first kappa shape index (κ1) is 18.1. The first-order chi connectivity index (χ1) is 13.6. The molecule has 3 heterocycles. The molecule has 1 amide bonds. The first-order valence-corrected chi connectivity index (χ1v) is 9.45. The van der Waals surface area contributed by atoms with Crippen LogP contribution >= 0.6 is 11.3 Å². The molecule has 0 spiro atoms. The molecule has 3 aromatic rings. The van der Waals surface area contributed by atoms with Gasteiger partial charge in [0.15, 0.2) is 12.4 Å². The lowest BCUT2D eigenvalue weighted by Crippen LogP contribution is -2.32.